The van der Waals surface area contributed by atoms with Gasteiger partial charge in [0, 0.05) is 0 Å². The summed E-state index contributed by atoms with van der Waals surface area (Å²) in [6.45, 7) is 11.1. The van der Waals surface area contributed by atoms with E-state index in [4.69, 9.17) is 0 Å². The highest BCUT2D eigenvalue weighted by Crippen LogP contribution is 2.40. The highest BCUT2D eigenvalue weighted by molar-refractivity contribution is 5.33. The second-order valence-electron chi connectivity index (χ2n) is 5.20. The van der Waals surface area contributed by atoms with Crippen LogP contribution < -0.4 is 0 Å². The van der Waals surface area contributed by atoms with Gasteiger partial charge in [-0.1, -0.05) is 31.6 Å². The molecule has 0 saturated heterocycles. The van der Waals surface area contributed by atoms with E-state index in [1.807, 2.05) is 0 Å². The van der Waals surface area contributed by atoms with Gasteiger partial charge in [0.15, 0.2) is 0 Å². The standard InChI is InChI=1S/C15H23/c1-6-8-12(2)11-14-13(3)9-7-10-15(14,4)5/h6,8H,7,9-10H2,1-5H3. The fourth-order valence-corrected chi connectivity index (χ4v) is 2.39. The van der Waals surface area contributed by atoms with Gasteiger partial charge >= 0.3 is 0 Å². The van der Waals surface area contributed by atoms with E-state index in [9.17, 15) is 0 Å². The van der Waals surface area contributed by atoms with Gasteiger partial charge in [-0.3, -0.25) is 0 Å². The van der Waals surface area contributed by atoms with Crippen LogP contribution in [0.25, 0.3) is 0 Å². The van der Waals surface area contributed by atoms with E-state index >= 15 is 0 Å². The van der Waals surface area contributed by atoms with Crippen molar-refractivity contribution < 1.29 is 0 Å². The third kappa shape index (κ3) is 3.09. The average Bonchev–Trinajstić information content (AvgIpc) is 2.12. The molecule has 0 aromatic heterocycles. The first kappa shape index (κ1) is 12.3. The van der Waals surface area contributed by atoms with Crippen molar-refractivity contribution in [2.45, 2.75) is 53.9 Å². The van der Waals surface area contributed by atoms with Crippen molar-refractivity contribution in [1.82, 2.24) is 0 Å². The van der Waals surface area contributed by atoms with E-state index < -0.39 is 0 Å². The van der Waals surface area contributed by atoms with Crippen molar-refractivity contribution in [3.05, 3.63) is 34.9 Å². The van der Waals surface area contributed by atoms with E-state index in [0.717, 1.165) is 0 Å². The van der Waals surface area contributed by atoms with E-state index in [1.54, 1.807) is 0 Å². The normalized spacial score (nSPS) is 22.6. The number of allylic oxidation sites excluding steroid dienone is 6. The van der Waals surface area contributed by atoms with Gasteiger partial charge in [-0.2, -0.15) is 0 Å². The van der Waals surface area contributed by atoms with E-state index in [2.05, 4.69) is 52.8 Å². The predicted octanol–water partition coefficient (Wildman–Crippen LogP) is 4.84. The van der Waals surface area contributed by atoms with Crippen LogP contribution in [0.2, 0.25) is 0 Å². The van der Waals surface area contributed by atoms with Crippen LogP contribution in [0.5, 0.6) is 0 Å². The molecule has 0 heteroatoms. The van der Waals surface area contributed by atoms with Crippen molar-refractivity contribution >= 4 is 0 Å². The molecule has 0 fully saturated rings. The molecule has 15 heavy (non-hydrogen) atoms. The van der Waals surface area contributed by atoms with Gasteiger partial charge < -0.3 is 0 Å². The number of hydrogen-bond acceptors (Lipinski definition) is 0. The topological polar surface area (TPSA) is 0 Å². The maximum Gasteiger partial charge on any atom is -0.00977 e. The van der Waals surface area contributed by atoms with Crippen LogP contribution in [0, 0.1) is 11.5 Å². The van der Waals surface area contributed by atoms with Crippen LogP contribution in [-0.2, 0) is 0 Å². The molecule has 1 rings (SSSR count). The molecule has 0 aromatic rings. The summed E-state index contributed by atoms with van der Waals surface area (Å²) in [6.07, 6.45) is 11.6. The number of rotatable bonds is 2. The smallest absolute Gasteiger partial charge is 0.00977 e. The minimum absolute atomic E-state index is 0.311. The highest BCUT2D eigenvalue weighted by atomic mass is 14.3. The first-order chi connectivity index (χ1) is 6.97. The van der Waals surface area contributed by atoms with Crippen molar-refractivity contribution in [1.29, 1.82) is 0 Å². The maximum atomic E-state index is 3.57. The van der Waals surface area contributed by atoms with Crippen LogP contribution in [0.1, 0.15) is 53.9 Å². The summed E-state index contributed by atoms with van der Waals surface area (Å²) in [5.41, 5.74) is 4.51. The molecule has 0 nitrogen and oxygen atoms in total. The molecular weight excluding hydrogens is 180 g/mol. The van der Waals surface area contributed by atoms with Crippen LogP contribution in [-0.4, -0.2) is 0 Å². The zero-order valence-corrected chi connectivity index (χ0v) is 10.8. The van der Waals surface area contributed by atoms with Crippen LogP contribution in [0.15, 0.2) is 28.9 Å². The third-order valence-electron chi connectivity index (χ3n) is 3.20. The van der Waals surface area contributed by atoms with Crippen LogP contribution in [0.4, 0.5) is 0 Å². The Labute approximate surface area is 94.8 Å². The van der Waals surface area contributed by atoms with Crippen molar-refractivity contribution in [3.8, 4) is 0 Å². The average molecular weight is 203 g/mol. The van der Waals surface area contributed by atoms with Crippen molar-refractivity contribution in [3.63, 3.8) is 0 Å². The molecule has 0 spiro atoms. The van der Waals surface area contributed by atoms with E-state index in [0.29, 0.717) is 5.41 Å². The molecule has 0 saturated carbocycles. The molecule has 0 aliphatic heterocycles. The summed E-state index contributed by atoms with van der Waals surface area (Å²) in [4.78, 5) is 0. The molecule has 83 valence electrons. The summed E-state index contributed by atoms with van der Waals surface area (Å²) in [6, 6.07) is 0. The van der Waals surface area contributed by atoms with Crippen LogP contribution in [0.3, 0.4) is 0 Å². The van der Waals surface area contributed by atoms with E-state index in [-0.39, 0.29) is 0 Å². The van der Waals surface area contributed by atoms with E-state index in [1.165, 1.54) is 36.0 Å². The highest BCUT2D eigenvalue weighted by Gasteiger charge is 2.26. The molecule has 0 N–H and O–H groups in total. The van der Waals surface area contributed by atoms with Crippen LogP contribution >= 0.6 is 0 Å². The summed E-state index contributed by atoms with van der Waals surface area (Å²) in [5.74, 6) is 0. The molecule has 0 aromatic carbocycles. The SMILES string of the molecule is CC=C/C(C)=[C]/C1=C(C)CCCC1(C)C. The Kier molecular flexibility index (Phi) is 3.96. The second kappa shape index (κ2) is 4.83. The minimum Gasteiger partial charge on any atom is -0.0874 e. The third-order valence-corrected chi connectivity index (χ3v) is 3.20. The Bertz CT molecular complexity index is 311. The maximum absolute atomic E-state index is 3.57. The van der Waals surface area contributed by atoms with Gasteiger partial charge in [0.2, 0.25) is 0 Å². The quantitative estimate of drug-likeness (QED) is 0.563. The second-order valence-corrected chi connectivity index (χ2v) is 5.20. The summed E-state index contributed by atoms with van der Waals surface area (Å²) < 4.78 is 0. The Morgan fingerprint density at radius 1 is 1.40 bits per heavy atom. The first-order valence-corrected chi connectivity index (χ1v) is 5.91. The summed E-state index contributed by atoms with van der Waals surface area (Å²) in [5, 5.41) is 0. The lowest BCUT2D eigenvalue weighted by Gasteiger charge is -2.32. The number of hydrogen-bond donors (Lipinski definition) is 0. The zero-order valence-electron chi connectivity index (χ0n) is 10.8. The lowest BCUT2D eigenvalue weighted by atomic mass is 9.72. The molecule has 0 amide bonds. The van der Waals surface area contributed by atoms with Gasteiger partial charge in [-0.15, -0.1) is 0 Å². The lowest BCUT2D eigenvalue weighted by molar-refractivity contribution is 0.374. The predicted molar refractivity (Wildman–Crippen MR) is 67.6 cm³/mol. The molecule has 1 aliphatic rings. The van der Waals surface area contributed by atoms with Crippen molar-refractivity contribution in [2.24, 2.45) is 5.41 Å². The Balaban J connectivity index is 3.04. The minimum atomic E-state index is 0.311. The Hall–Kier alpha value is -0.780. The largest absolute Gasteiger partial charge is 0.0874 e. The summed E-state index contributed by atoms with van der Waals surface area (Å²) >= 11 is 0. The molecule has 0 atom stereocenters. The monoisotopic (exact) mass is 203 g/mol. The van der Waals surface area contributed by atoms with Gasteiger partial charge in [-0.25, -0.2) is 0 Å². The van der Waals surface area contributed by atoms with Gasteiger partial charge in [0.25, 0.3) is 0 Å². The molecule has 1 radical (unpaired) electrons. The fraction of sp³-hybridized carbons (Fsp3) is 0.600. The Morgan fingerprint density at radius 2 is 2.07 bits per heavy atom. The zero-order chi connectivity index (χ0) is 11.5. The molecule has 0 unspecified atom stereocenters. The Morgan fingerprint density at radius 3 is 2.60 bits per heavy atom. The first-order valence-electron chi connectivity index (χ1n) is 5.91. The fourth-order valence-electron chi connectivity index (χ4n) is 2.39. The molecule has 1 aliphatic carbocycles. The molecular formula is C15H23. The lowest BCUT2D eigenvalue weighted by Crippen LogP contribution is -2.19. The molecule has 0 heterocycles. The molecule has 0 bridgehead atoms. The van der Waals surface area contributed by atoms with Crippen molar-refractivity contribution in [2.75, 3.05) is 0 Å². The van der Waals surface area contributed by atoms with Gasteiger partial charge in [0.1, 0.15) is 0 Å². The van der Waals surface area contributed by atoms with Gasteiger partial charge in [-0.05, 0) is 62.7 Å². The van der Waals surface area contributed by atoms with Gasteiger partial charge in [0.05, 0.1) is 0 Å². The summed E-state index contributed by atoms with van der Waals surface area (Å²) in [7, 11) is 0.